The van der Waals surface area contributed by atoms with Gasteiger partial charge < -0.3 is 14.4 Å². The lowest BCUT2D eigenvalue weighted by Crippen LogP contribution is -2.54. The first-order chi connectivity index (χ1) is 13.0. The van der Waals surface area contributed by atoms with E-state index in [4.69, 9.17) is 9.47 Å². The molecular formula is C21H27FN2O3. The van der Waals surface area contributed by atoms with Crippen LogP contribution in [0.15, 0.2) is 30.5 Å². The molecule has 2 aliphatic heterocycles. The minimum absolute atomic E-state index is 0.0217. The summed E-state index contributed by atoms with van der Waals surface area (Å²) in [7, 11) is 0. The summed E-state index contributed by atoms with van der Waals surface area (Å²) in [4.78, 5) is 19.1. The monoisotopic (exact) mass is 374 g/mol. The highest BCUT2D eigenvalue weighted by Crippen LogP contribution is 2.40. The molecule has 2 saturated heterocycles. The Labute approximate surface area is 159 Å². The van der Waals surface area contributed by atoms with Crippen molar-refractivity contribution in [3.63, 3.8) is 0 Å². The molecule has 1 spiro atoms. The third-order valence-corrected chi connectivity index (χ3v) is 6.12. The van der Waals surface area contributed by atoms with Crippen molar-refractivity contribution in [1.29, 1.82) is 0 Å². The van der Waals surface area contributed by atoms with Gasteiger partial charge in [0.25, 0.3) is 5.88 Å². The second kappa shape index (κ2) is 7.23. The average Bonchev–Trinajstić information content (AvgIpc) is 3.05. The van der Waals surface area contributed by atoms with Gasteiger partial charge in [0.15, 0.2) is 5.82 Å². The fourth-order valence-electron chi connectivity index (χ4n) is 4.59. The molecule has 3 aliphatic rings. The molecular weight excluding hydrogens is 347 g/mol. The van der Waals surface area contributed by atoms with Crippen LogP contribution in [0.3, 0.4) is 0 Å². The van der Waals surface area contributed by atoms with Crippen LogP contribution in [0, 0.1) is 11.2 Å². The number of nitrogens with zero attached hydrogens (tertiary/aromatic N) is 2. The molecule has 3 heterocycles. The largest absolute Gasteiger partial charge is 0.470 e. The topological polar surface area (TPSA) is 51.7 Å². The molecule has 6 heteroatoms. The number of ether oxygens (including phenoxy) is 2. The number of hydrogen-bond donors (Lipinski definition) is 0. The van der Waals surface area contributed by atoms with Crippen LogP contribution in [0.25, 0.3) is 0 Å². The van der Waals surface area contributed by atoms with Crippen LogP contribution in [0.2, 0.25) is 0 Å². The normalized spacial score (nSPS) is 33.4. The fraction of sp³-hybridized carbons (Fsp3) is 0.619. The van der Waals surface area contributed by atoms with Crippen LogP contribution in [-0.2, 0) is 9.53 Å². The Morgan fingerprint density at radius 1 is 1.41 bits per heavy atom. The molecule has 0 N–H and O–H groups in total. The molecule has 2 fully saturated rings. The number of hydrogen-bond acceptors (Lipinski definition) is 4. The summed E-state index contributed by atoms with van der Waals surface area (Å²) in [6, 6.07) is 2.88. The molecule has 4 rings (SSSR count). The van der Waals surface area contributed by atoms with Crippen molar-refractivity contribution in [2.75, 3.05) is 19.7 Å². The van der Waals surface area contributed by atoms with E-state index in [1.165, 1.54) is 12.3 Å². The standard InChI is InChI=1S/C21H27FN2O3/c1-20(8-3-2-4-9-20)19(25)24-12-6-10-21(15-24)13-16(14-26-21)27-18-17(22)7-5-11-23-18/h2-3,5,7,11,16H,4,6,8-10,12-15H2,1H3/t16-,20?,21-/m1/s1. The van der Waals surface area contributed by atoms with E-state index in [1.54, 1.807) is 6.07 Å². The molecule has 1 amide bonds. The maximum Gasteiger partial charge on any atom is 0.250 e. The van der Waals surface area contributed by atoms with Gasteiger partial charge in [0, 0.05) is 25.7 Å². The zero-order valence-corrected chi connectivity index (χ0v) is 15.8. The van der Waals surface area contributed by atoms with Gasteiger partial charge in [-0.3, -0.25) is 4.79 Å². The van der Waals surface area contributed by atoms with Crippen LogP contribution >= 0.6 is 0 Å². The van der Waals surface area contributed by atoms with E-state index in [2.05, 4.69) is 24.1 Å². The molecule has 0 saturated carbocycles. The third kappa shape index (κ3) is 3.72. The van der Waals surface area contributed by atoms with Crippen molar-refractivity contribution in [3.8, 4) is 5.88 Å². The van der Waals surface area contributed by atoms with Gasteiger partial charge in [0.2, 0.25) is 5.91 Å². The van der Waals surface area contributed by atoms with E-state index in [-0.39, 0.29) is 28.9 Å². The van der Waals surface area contributed by atoms with Crippen molar-refractivity contribution in [3.05, 3.63) is 36.3 Å². The number of piperidine rings is 1. The van der Waals surface area contributed by atoms with E-state index < -0.39 is 5.82 Å². The molecule has 0 aromatic carbocycles. The summed E-state index contributed by atoms with van der Waals surface area (Å²) >= 11 is 0. The highest BCUT2D eigenvalue weighted by Gasteiger charge is 2.47. The lowest BCUT2D eigenvalue weighted by molar-refractivity contribution is -0.149. The Balaban J connectivity index is 1.41. The number of carbonyl (C=O) groups excluding carboxylic acids is 1. The lowest BCUT2D eigenvalue weighted by atomic mass is 9.77. The highest BCUT2D eigenvalue weighted by atomic mass is 19.1. The van der Waals surface area contributed by atoms with E-state index in [0.29, 0.717) is 19.6 Å². The SMILES string of the molecule is CC1(C(=O)N2CCC[C@@]3(C[C@@H](Oc4ncccc4F)CO3)C2)CC=CCC1. The van der Waals surface area contributed by atoms with Gasteiger partial charge in [-0.05, 0) is 44.2 Å². The molecule has 1 aromatic rings. The third-order valence-electron chi connectivity index (χ3n) is 6.12. The number of carbonyl (C=O) groups is 1. The Morgan fingerprint density at radius 3 is 3.07 bits per heavy atom. The summed E-state index contributed by atoms with van der Waals surface area (Å²) in [5, 5.41) is 0. The maximum atomic E-state index is 13.8. The Morgan fingerprint density at radius 2 is 2.30 bits per heavy atom. The van der Waals surface area contributed by atoms with Crippen molar-refractivity contribution in [1.82, 2.24) is 9.88 Å². The van der Waals surface area contributed by atoms with Crippen LogP contribution in [0.4, 0.5) is 4.39 Å². The smallest absolute Gasteiger partial charge is 0.250 e. The van der Waals surface area contributed by atoms with Gasteiger partial charge in [-0.2, -0.15) is 0 Å². The summed E-state index contributed by atoms with van der Waals surface area (Å²) in [5.74, 6) is -0.208. The number of pyridine rings is 1. The van der Waals surface area contributed by atoms with Gasteiger partial charge in [0.1, 0.15) is 6.10 Å². The number of amides is 1. The molecule has 3 atom stereocenters. The van der Waals surface area contributed by atoms with Gasteiger partial charge in [0.05, 0.1) is 17.6 Å². The molecule has 1 unspecified atom stereocenters. The lowest BCUT2D eigenvalue weighted by Gasteiger charge is -2.43. The fourth-order valence-corrected chi connectivity index (χ4v) is 4.59. The predicted octanol–water partition coefficient (Wildman–Crippen LogP) is 3.50. The number of aromatic nitrogens is 1. The van der Waals surface area contributed by atoms with Crippen molar-refractivity contribution >= 4 is 5.91 Å². The van der Waals surface area contributed by atoms with Crippen LogP contribution in [0.1, 0.15) is 45.4 Å². The Hall–Kier alpha value is -1.95. The second-order valence-corrected chi connectivity index (χ2v) is 8.33. The first kappa shape index (κ1) is 18.4. The number of halogens is 1. The maximum absolute atomic E-state index is 13.8. The highest BCUT2D eigenvalue weighted by molar-refractivity contribution is 5.83. The summed E-state index contributed by atoms with van der Waals surface area (Å²) in [6.07, 6.45) is 10.7. The zero-order chi connectivity index (χ0) is 18.9. The van der Waals surface area contributed by atoms with E-state index in [0.717, 1.165) is 38.6 Å². The van der Waals surface area contributed by atoms with Crippen molar-refractivity contribution in [2.24, 2.45) is 5.41 Å². The van der Waals surface area contributed by atoms with E-state index >= 15 is 0 Å². The van der Waals surface area contributed by atoms with Crippen LogP contribution < -0.4 is 4.74 Å². The van der Waals surface area contributed by atoms with Gasteiger partial charge in [-0.1, -0.05) is 19.1 Å². The summed E-state index contributed by atoms with van der Waals surface area (Å²) in [5.41, 5.74) is -0.691. The molecule has 146 valence electrons. The first-order valence-corrected chi connectivity index (χ1v) is 9.85. The van der Waals surface area contributed by atoms with E-state index in [9.17, 15) is 9.18 Å². The average molecular weight is 374 g/mol. The molecule has 1 aliphatic carbocycles. The molecule has 0 radical (unpaired) electrons. The van der Waals surface area contributed by atoms with Gasteiger partial charge >= 0.3 is 0 Å². The summed E-state index contributed by atoms with van der Waals surface area (Å²) < 4.78 is 25.7. The minimum Gasteiger partial charge on any atom is -0.470 e. The number of allylic oxidation sites excluding steroid dienone is 2. The van der Waals surface area contributed by atoms with Gasteiger partial charge in [-0.25, -0.2) is 9.37 Å². The quantitative estimate of drug-likeness (QED) is 0.760. The number of likely N-dealkylation sites (tertiary alicyclic amines) is 1. The van der Waals surface area contributed by atoms with Crippen molar-refractivity contribution < 1.29 is 18.7 Å². The predicted molar refractivity (Wildman–Crippen MR) is 98.8 cm³/mol. The molecule has 1 aromatic heterocycles. The Kier molecular flexibility index (Phi) is 4.93. The minimum atomic E-state index is -0.461. The van der Waals surface area contributed by atoms with E-state index in [1.807, 2.05) is 4.90 Å². The molecule has 0 bridgehead atoms. The van der Waals surface area contributed by atoms with Gasteiger partial charge in [-0.15, -0.1) is 0 Å². The first-order valence-electron chi connectivity index (χ1n) is 9.85. The van der Waals surface area contributed by atoms with Crippen LogP contribution in [-0.4, -0.2) is 47.2 Å². The van der Waals surface area contributed by atoms with Crippen molar-refractivity contribution in [2.45, 2.75) is 57.2 Å². The Bertz CT molecular complexity index is 740. The molecule has 5 nitrogen and oxygen atoms in total. The molecule has 27 heavy (non-hydrogen) atoms. The zero-order valence-electron chi connectivity index (χ0n) is 15.8. The summed E-state index contributed by atoms with van der Waals surface area (Å²) in [6.45, 7) is 3.85. The number of rotatable bonds is 3. The van der Waals surface area contributed by atoms with Crippen LogP contribution in [0.5, 0.6) is 5.88 Å². The second-order valence-electron chi connectivity index (χ2n) is 8.33.